The van der Waals surface area contributed by atoms with E-state index in [1.165, 1.54) is 29.7 Å². The first-order valence-electron chi connectivity index (χ1n) is 6.66. The molecule has 0 spiro atoms. The van der Waals surface area contributed by atoms with Crippen LogP contribution in [-0.2, 0) is 12.8 Å². The fraction of sp³-hybridized carbons (Fsp3) is 0.600. The second-order valence-corrected chi connectivity index (χ2v) is 5.89. The molecule has 0 saturated heterocycles. The average Bonchev–Trinajstić information content (AvgIpc) is 2.36. The zero-order valence-electron chi connectivity index (χ0n) is 11.1. The molecule has 0 aliphatic carbocycles. The van der Waals surface area contributed by atoms with E-state index in [1.807, 2.05) is 0 Å². The van der Waals surface area contributed by atoms with Gasteiger partial charge in [0.2, 0.25) is 0 Å². The van der Waals surface area contributed by atoms with Gasteiger partial charge in [-0.3, -0.25) is 0 Å². The van der Waals surface area contributed by atoms with E-state index in [-0.39, 0.29) is 5.41 Å². The predicted octanol–water partition coefficient (Wildman–Crippen LogP) is 2.96. The number of benzene rings is 1. The maximum absolute atomic E-state index is 5.77. The van der Waals surface area contributed by atoms with Crippen LogP contribution in [0, 0.1) is 5.41 Å². The molecule has 0 aromatic heterocycles. The summed E-state index contributed by atoms with van der Waals surface area (Å²) in [6.07, 6.45) is 4.77. The number of nitrogens with two attached hydrogens (primary N) is 1. The number of anilines is 1. The molecular formula is C15H24N2. The first-order valence-corrected chi connectivity index (χ1v) is 6.66. The molecule has 1 aliphatic heterocycles. The van der Waals surface area contributed by atoms with Gasteiger partial charge in [0.15, 0.2) is 0 Å². The third kappa shape index (κ3) is 3.22. The summed E-state index contributed by atoms with van der Waals surface area (Å²) in [6, 6.07) is 6.86. The monoisotopic (exact) mass is 232 g/mol. The summed E-state index contributed by atoms with van der Waals surface area (Å²) in [5.74, 6) is 0. The van der Waals surface area contributed by atoms with Gasteiger partial charge in [0.1, 0.15) is 0 Å². The molecule has 17 heavy (non-hydrogen) atoms. The Morgan fingerprint density at radius 1 is 1.35 bits per heavy atom. The van der Waals surface area contributed by atoms with Crippen LogP contribution >= 0.6 is 0 Å². The summed E-state index contributed by atoms with van der Waals surface area (Å²) in [4.78, 5) is 0. The third-order valence-corrected chi connectivity index (χ3v) is 3.75. The fourth-order valence-electron chi connectivity index (χ4n) is 2.27. The number of nitrogens with one attached hydrogen (secondary N) is 1. The van der Waals surface area contributed by atoms with Crippen molar-refractivity contribution in [3.05, 3.63) is 29.3 Å². The Kier molecular flexibility index (Phi) is 3.72. The number of fused-ring (bicyclic) bond motifs is 1. The van der Waals surface area contributed by atoms with Crippen molar-refractivity contribution >= 4 is 5.69 Å². The molecule has 1 aromatic carbocycles. The van der Waals surface area contributed by atoms with Crippen molar-refractivity contribution in [2.75, 3.05) is 18.4 Å². The molecule has 94 valence electrons. The van der Waals surface area contributed by atoms with Gasteiger partial charge in [-0.05, 0) is 54.8 Å². The Balaban J connectivity index is 2.02. The van der Waals surface area contributed by atoms with Crippen LogP contribution in [-0.4, -0.2) is 13.1 Å². The minimum absolute atomic E-state index is 0.258. The van der Waals surface area contributed by atoms with Gasteiger partial charge < -0.3 is 11.1 Å². The lowest BCUT2D eigenvalue weighted by Gasteiger charge is -2.23. The first-order chi connectivity index (χ1) is 8.11. The second-order valence-electron chi connectivity index (χ2n) is 5.89. The summed E-state index contributed by atoms with van der Waals surface area (Å²) in [6.45, 7) is 6.37. The van der Waals surface area contributed by atoms with Gasteiger partial charge in [0.05, 0.1) is 0 Å². The molecule has 2 heteroatoms. The molecule has 1 aliphatic rings. The van der Waals surface area contributed by atoms with E-state index < -0.39 is 0 Å². The average molecular weight is 232 g/mol. The van der Waals surface area contributed by atoms with Crippen LogP contribution in [0.15, 0.2) is 18.2 Å². The highest BCUT2D eigenvalue weighted by Crippen LogP contribution is 2.26. The van der Waals surface area contributed by atoms with E-state index in [0.717, 1.165) is 25.9 Å². The second kappa shape index (κ2) is 5.09. The molecule has 0 atom stereocenters. The molecule has 0 fully saturated rings. The SMILES string of the molecule is CC(C)(CN)CCc1ccc2c(c1)CCCN2. The predicted molar refractivity (Wildman–Crippen MR) is 74.4 cm³/mol. The zero-order chi connectivity index (χ0) is 12.3. The highest BCUT2D eigenvalue weighted by molar-refractivity contribution is 5.54. The molecule has 2 nitrogen and oxygen atoms in total. The van der Waals surface area contributed by atoms with E-state index in [0.29, 0.717) is 0 Å². The van der Waals surface area contributed by atoms with E-state index >= 15 is 0 Å². The van der Waals surface area contributed by atoms with Crippen LogP contribution in [0.4, 0.5) is 5.69 Å². The molecule has 1 heterocycles. The van der Waals surface area contributed by atoms with E-state index in [4.69, 9.17) is 5.73 Å². The fourth-order valence-corrected chi connectivity index (χ4v) is 2.27. The standard InChI is InChI=1S/C15H24N2/c1-15(2,11-16)8-7-12-5-6-14-13(10-12)4-3-9-17-14/h5-6,10,17H,3-4,7-9,11,16H2,1-2H3. The minimum atomic E-state index is 0.258. The molecular weight excluding hydrogens is 208 g/mol. The smallest absolute Gasteiger partial charge is 0.0372 e. The zero-order valence-corrected chi connectivity index (χ0v) is 11.1. The lowest BCUT2D eigenvalue weighted by atomic mass is 9.86. The highest BCUT2D eigenvalue weighted by atomic mass is 14.9. The molecule has 0 saturated carbocycles. The molecule has 0 radical (unpaired) electrons. The van der Waals surface area contributed by atoms with Gasteiger partial charge in [-0.15, -0.1) is 0 Å². The van der Waals surface area contributed by atoms with Crippen molar-refractivity contribution in [2.24, 2.45) is 11.1 Å². The van der Waals surface area contributed by atoms with Gasteiger partial charge in [0, 0.05) is 12.2 Å². The normalized spacial score (nSPS) is 15.2. The van der Waals surface area contributed by atoms with Crippen molar-refractivity contribution in [3.63, 3.8) is 0 Å². The van der Waals surface area contributed by atoms with Crippen LogP contribution in [0.25, 0.3) is 0 Å². The Labute approximate surface area is 105 Å². The summed E-state index contributed by atoms with van der Waals surface area (Å²) < 4.78 is 0. The summed E-state index contributed by atoms with van der Waals surface area (Å²) in [5, 5.41) is 3.45. The van der Waals surface area contributed by atoms with Crippen molar-refractivity contribution in [1.82, 2.24) is 0 Å². The van der Waals surface area contributed by atoms with Crippen molar-refractivity contribution in [1.29, 1.82) is 0 Å². The lowest BCUT2D eigenvalue weighted by Crippen LogP contribution is -2.24. The van der Waals surface area contributed by atoms with Gasteiger partial charge >= 0.3 is 0 Å². The van der Waals surface area contributed by atoms with Gasteiger partial charge in [-0.1, -0.05) is 26.0 Å². The Hall–Kier alpha value is -1.02. The van der Waals surface area contributed by atoms with Crippen LogP contribution in [0.5, 0.6) is 0 Å². The maximum atomic E-state index is 5.77. The highest BCUT2D eigenvalue weighted by Gasteiger charge is 2.16. The summed E-state index contributed by atoms with van der Waals surface area (Å²) >= 11 is 0. The van der Waals surface area contributed by atoms with Crippen LogP contribution in [0.1, 0.15) is 37.8 Å². The van der Waals surface area contributed by atoms with Crippen molar-refractivity contribution < 1.29 is 0 Å². The Morgan fingerprint density at radius 2 is 2.18 bits per heavy atom. The number of aryl methyl sites for hydroxylation is 2. The topological polar surface area (TPSA) is 38.0 Å². The van der Waals surface area contributed by atoms with Gasteiger partial charge in [-0.2, -0.15) is 0 Å². The summed E-state index contributed by atoms with van der Waals surface area (Å²) in [5.41, 5.74) is 10.3. The molecule has 3 N–H and O–H groups in total. The van der Waals surface area contributed by atoms with E-state index in [1.54, 1.807) is 0 Å². The van der Waals surface area contributed by atoms with Gasteiger partial charge in [0.25, 0.3) is 0 Å². The minimum Gasteiger partial charge on any atom is -0.385 e. The molecule has 0 amide bonds. The Bertz CT molecular complexity index is 383. The van der Waals surface area contributed by atoms with Crippen LogP contribution in [0.3, 0.4) is 0 Å². The van der Waals surface area contributed by atoms with Crippen molar-refractivity contribution in [3.8, 4) is 0 Å². The van der Waals surface area contributed by atoms with Gasteiger partial charge in [-0.25, -0.2) is 0 Å². The molecule has 2 rings (SSSR count). The third-order valence-electron chi connectivity index (χ3n) is 3.75. The largest absolute Gasteiger partial charge is 0.385 e. The van der Waals surface area contributed by atoms with E-state index in [2.05, 4.69) is 37.4 Å². The molecule has 0 bridgehead atoms. The summed E-state index contributed by atoms with van der Waals surface area (Å²) in [7, 11) is 0. The molecule has 1 aromatic rings. The first kappa shape index (κ1) is 12.4. The Morgan fingerprint density at radius 3 is 2.94 bits per heavy atom. The van der Waals surface area contributed by atoms with E-state index in [9.17, 15) is 0 Å². The van der Waals surface area contributed by atoms with Crippen molar-refractivity contribution in [2.45, 2.75) is 39.5 Å². The number of hydrogen-bond donors (Lipinski definition) is 2. The van der Waals surface area contributed by atoms with Crippen LogP contribution in [0.2, 0.25) is 0 Å². The lowest BCUT2D eigenvalue weighted by molar-refractivity contribution is 0.348. The van der Waals surface area contributed by atoms with Crippen LogP contribution < -0.4 is 11.1 Å². The molecule has 0 unspecified atom stereocenters. The quantitative estimate of drug-likeness (QED) is 0.837. The number of hydrogen-bond acceptors (Lipinski definition) is 2. The number of rotatable bonds is 4. The maximum Gasteiger partial charge on any atom is 0.0372 e.